The van der Waals surface area contributed by atoms with E-state index >= 15 is 0 Å². The van der Waals surface area contributed by atoms with E-state index in [1.165, 1.54) is 0 Å². The molecular formula is C15H18N4S. The zero-order chi connectivity index (χ0) is 14.3. The molecule has 0 aliphatic carbocycles. The van der Waals surface area contributed by atoms with Crippen molar-refractivity contribution in [1.29, 1.82) is 0 Å². The molecule has 0 bridgehead atoms. The third-order valence-electron chi connectivity index (χ3n) is 3.25. The number of nitrogens with two attached hydrogens (primary N) is 1. The van der Waals surface area contributed by atoms with Crippen LogP contribution in [-0.2, 0) is 0 Å². The van der Waals surface area contributed by atoms with E-state index < -0.39 is 0 Å². The lowest BCUT2D eigenvalue weighted by Gasteiger charge is -2.11. The molecule has 0 aliphatic rings. The Kier molecular flexibility index (Phi) is 3.31. The van der Waals surface area contributed by atoms with Crippen LogP contribution < -0.4 is 5.73 Å². The molecule has 3 rings (SSSR count). The van der Waals surface area contributed by atoms with E-state index in [9.17, 15) is 0 Å². The SMILES string of the molecule is CC(N)c1nc(-c2nc3ccccc3n2C(C)C)cs1. The molecule has 2 aromatic heterocycles. The second-order valence-electron chi connectivity index (χ2n) is 5.25. The molecule has 1 aromatic carbocycles. The lowest BCUT2D eigenvalue weighted by atomic mass is 10.3. The molecule has 0 amide bonds. The number of para-hydroxylation sites is 2. The molecule has 0 radical (unpaired) electrons. The van der Waals surface area contributed by atoms with Gasteiger partial charge in [-0.05, 0) is 32.9 Å². The number of imidazole rings is 1. The van der Waals surface area contributed by atoms with E-state index in [0.29, 0.717) is 6.04 Å². The average Bonchev–Trinajstić information content (AvgIpc) is 3.02. The van der Waals surface area contributed by atoms with Crippen LogP contribution in [0, 0.1) is 0 Å². The first-order valence-electron chi connectivity index (χ1n) is 6.76. The van der Waals surface area contributed by atoms with Crippen LogP contribution in [0.4, 0.5) is 0 Å². The Hall–Kier alpha value is -1.72. The van der Waals surface area contributed by atoms with Crippen molar-refractivity contribution in [3.05, 3.63) is 34.7 Å². The highest BCUT2D eigenvalue weighted by Gasteiger charge is 2.17. The number of nitrogens with zero attached hydrogens (tertiary/aromatic N) is 3. The van der Waals surface area contributed by atoms with Crippen LogP contribution in [0.1, 0.15) is 37.9 Å². The minimum Gasteiger partial charge on any atom is -0.322 e. The van der Waals surface area contributed by atoms with Gasteiger partial charge in [-0.1, -0.05) is 12.1 Å². The fourth-order valence-corrected chi connectivity index (χ4v) is 3.10. The highest BCUT2D eigenvalue weighted by molar-refractivity contribution is 7.10. The minimum absolute atomic E-state index is 0.0365. The van der Waals surface area contributed by atoms with Gasteiger partial charge in [-0.3, -0.25) is 0 Å². The zero-order valence-electron chi connectivity index (χ0n) is 11.9. The molecule has 2 heterocycles. The summed E-state index contributed by atoms with van der Waals surface area (Å²) in [4.78, 5) is 9.37. The van der Waals surface area contributed by atoms with Crippen LogP contribution in [0.15, 0.2) is 29.6 Å². The number of benzene rings is 1. The van der Waals surface area contributed by atoms with Crippen molar-refractivity contribution >= 4 is 22.4 Å². The topological polar surface area (TPSA) is 56.7 Å². The van der Waals surface area contributed by atoms with E-state index in [1.807, 2.05) is 30.5 Å². The lowest BCUT2D eigenvalue weighted by molar-refractivity contribution is 0.623. The van der Waals surface area contributed by atoms with Crippen molar-refractivity contribution in [2.75, 3.05) is 0 Å². The molecular weight excluding hydrogens is 268 g/mol. The molecule has 0 spiro atoms. The number of hydrogen-bond acceptors (Lipinski definition) is 4. The van der Waals surface area contributed by atoms with Gasteiger partial charge in [0.1, 0.15) is 10.7 Å². The zero-order valence-corrected chi connectivity index (χ0v) is 12.7. The lowest BCUT2D eigenvalue weighted by Crippen LogP contribution is -2.05. The Bertz CT molecular complexity index is 739. The summed E-state index contributed by atoms with van der Waals surface area (Å²) in [6, 6.07) is 8.49. The maximum Gasteiger partial charge on any atom is 0.160 e. The van der Waals surface area contributed by atoms with Crippen molar-refractivity contribution in [3.63, 3.8) is 0 Å². The second kappa shape index (κ2) is 5.00. The van der Waals surface area contributed by atoms with Crippen LogP contribution >= 0.6 is 11.3 Å². The quantitative estimate of drug-likeness (QED) is 0.797. The summed E-state index contributed by atoms with van der Waals surface area (Å²) in [5, 5.41) is 2.99. The van der Waals surface area contributed by atoms with Crippen molar-refractivity contribution < 1.29 is 0 Å². The summed E-state index contributed by atoms with van der Waals surface area (Å²) in [6.45, 7) is 6.28. The van der Waals surface area contributed by atoms with Crippen LogP contribution in [-0.4, -0.2) is 14.5 Å². The van der Waals surface area contributed by atoms with Crippen molar-refractivity contribution in [2.24, 2.45) is 5.73 Å². The first-order valence-corrected chi connectivity index (χ1v) is 7.64. The van der Waals surface area contributed by atoms with Gasteiger partial charge >= 0.3 is 0 Å². The van der Waals surface area contributed by atoms with Gasteiger partial charge in [-0.25, -0.2) is 9.97 Å². The Labute approximate surface area is 122 Å². The van der Waals surface area contributed by atoms with Crippen LogP contribution in [0.25, 0.3) is 22.6 Å². The molecule has 0 saturated carbocycles. The monoisotopic (exact) mass is 286 g/mol. The molecule has 3 aromatic rings. The average molecular weight is 286 g/mol. The van der Waals surface area contributed by atoms with Crippen LogP contribution in [0.5, 0.6) is 0 Å². The van der Waals surface area contributed by atoms with Gasteiger partial charge in [-0.15, -0.1) is 11.3 Å². The molecule has 0 fully saturated rings. The summed E-state index contributed by atoms with van der Waals surface area (Å²) in [5.41, 5.74) is 8.96. The second-order valence-corrected chi connectivity index (χ2v) is 6.14. The minimum atomic E-state index is -0.0365. The molecule has 0 saturated heterocycles. The van der Waals surface area contributed by atoms with E-state index in [4.69, 9.17) is 10.7 Å². The normalized spacial score (nSPS) is 13.2. The summed E-state index contributed by atoms with van der Waals surface area (Å²) >= 11 is 1.59. The highest BCUT2D eigenvalue weighted by atomic mass is 32.1. The third-order valence-corrected chi connectivity index (χ3v) is 4.30. The number of hydrogen-bond donors (Lipinski definition) is 1. The number of aromatic nitrogens is 3. The summed E-state index contributed by atoms with van der Waals surface area (Å²) in [7, 11) is 0. The van der Waals surface area contributed by atoms with Crippen molar-refractivity contribution in [2.45, 2.75) is 32.9 Å². The standard InChI is InChI=1S/C15H18N4S/c1-9(2)19-13-7-5-4-6-11(13)17-14(19)12-8-20-15(18-12)10(3)16/h4-10H,16H2,1-3H3. The third kappa shape index (κ3) is 2.13. The van der Waals surface area contributed by atoms with Crippen molar-refractivity contribution in [1.82, 2.24) is 14.5 Å². The maximum atomic E-state index is 5.90. The summed E-state index contributed by atoms with van der Waals surface area (Å²) in [6.07, 6.45) is 0. The molecule has 104 valence electrons. The number of fused-ring (bicyclic) bond motifs is 1. The molecule has 2 N–H and O–H groups in total. The Morgan fingerprint density at radius 3 is 2.55 bits per heavy atom. The summed E-state index contributed by atoms with van der Waals surface area (Å²) in [5.74, 6) is 0.921. The molecule has 5 heteroatoms. The Morgan fingerprint density at radius 2 is 1.90 bits per heavy atom. The molecule has 0 aliphatic heterocycles. The predicted octanol–water partition coefficient (Wildman–Crippen LogP) is 3.76. The first kappa shape index (κ1) is 13.3. The maximum absolute atomic E-state index is 5.90. The Morgan fingerprint density at radius 1 is 1.15 bits per heavy atom. The van der Waals surface area contributed by atoms with Gasteiger partial charge in [0.15, 0.2) is 5.82 Å². The molecule has 20 heavy (non-hydrogen) atoms. The van der Waals surface area contributed by atoms with E-state index in [1.54, 1.807) is 11.3 Å². The Balaban J connectivity index is 2.21. The van der Waals surface area contributed by atoms with E-state index in [0.717, 1.165) is 27.6 Å². The van der Waals surface area contributed by atoms with E-state index in [2.05, 4.69) is 29.5 Å². The predicted molar refractivity (Wildman–Crippen MR) is 83.8 cm³/mol. The largest absolute Gasteiger partial charge is 0.322 e. The summed E-state index contributed by atoms with van der Waals surface area (Å²) < 4.78 is 2.23. The van der Waals surface area contributed by atoms with Gasteiger partial charge in [0.25, 0.3) is 0 Å². The fraction of sp³-hybridized carbons (Fsp3) is 0.333. The molecule has 1 atom stereocenters. The molecule has 1 unspecified atom stereocenters. The van der Waals surface area contributed by atoms with Crippen LogP contribution in [0.2, 0.25) is 0 Å². The van der Waals surface area contributed by atoms with Gasteiger partial charge in [0, 0.05) is 11.4 Å². The highest BCUT2D eigenvalue weighted by Crippen LogP contribution is 2.30. The van der Waals surface area contributed by atoms with Crippen LogP contribution in [0.3, 0.4) is 0 Å². The van der Waals surface area contributed by atoms with Gasteiger partial charge in [0.05, 0.1) is 17.1 Å². The van der Waals surface area contributed by atoms with Crippen molar-refractivity contribution in [3.8, 4) is 11.5 Å². The smallest absolute Gasteiger partial charge is 0.160 e. The van der Waals surface area contributed by atoms with Gasteiger partial charge in [0.2, 0.25) is 0 Å². The number of thiazole rings is 1. The van der Waals surface area contributed by atoms with Gasteiger partial charge in [-0.2, -0.15) is 0 Å². The fourth-order valence-electron chi connectivity index (χ4n) is 2.35. The number of rotatable bonds is 3. The first-order chi connectivity index (χ1) is 9.58. The molecule has 4 nitrogen and oxygen atoms in total. The van der Waals surface area contributed by atoms with Gasteiger partial charge < -0.3 is 10.3 Å². The van der Waals surface area contributed by atoms with E-state index in [-0.39, 0.29) is 6.04 Å².